The Morgan fingerprint density at radius 3 is 2.64 bits per heavy atom. The molecule has 0 saturated carbocycles. The second-order valence-electron chi connectivity index (χ2n) is 6.12. The van der Waals surface area contributed by atoms with Gasteiger partial charge >= 0.3 is 0 Å². The molecule has 2 heterocycles. The van der Waals surface area contributed by atoms with Gasteiger partial charge in [-0.05, 0) is 29.8 Å². The molecule has 2 aromatic heterocycles. The quantitative estimate of drug-likeness (QED) is 0.251. The number of pyridine rings is 1. The fourth-order valence-corrected chi connectivity index (χ4v) is 4.12. The predicted octanol–water partition coefficient (Wildman–Crippen LogP) is 5.69. The van der Waals surface area contributed by atoms with Crippen molar-refractivity contribution in [1.29, 1.82) is 0 Å². The summed E-state index contributed by atoms with van der Waals surface area (Å²) in [4.78, 5) is 20.1. The Bertz CT molecular complexity index is 1210. The molecule has 0 saturated heterocycles. The molecule has 0 unspecified atom stereocenters. The maximum atomic E-state index is 11.4. The fourth-order valence-electron chi connectivity index (χ4n) is 3.03. The van der Waals surface area contributed by atoms with Crippen LogP contribution in [0.4, 0.5) is 11.4 Å². The van der Waals surface area contributed by atoms with Crippen LogP contribution in [0.25, 0.3) is 15.7 Å². The van der Waals surface area contributed by atoms with E-state index in [9.17, 15) is 10.1 Å². The molecule has 4 aromatic rings. The third-order valence-corrected chi connectivity index (χ3v) is 5.45. The van der Waals surface area contributed by atoms with Crippen molar-refractivity contribution in [3.8, 4) is 0 Å². The molecular weight excluding hydrogens is 372 g/mol. The number of nitro groups is 1. The minimum Gasteiger partial charge on any atom is -0.343 e. The van der Waals surface area contributed by atoms with E-state index in [1.54, 1.807) is 36.7 Å². The van der Waals surface area contributed by atoms with Crippen LogP contribution in [0.3, 0.4) is 0 Å². The van der Waals surface area contributed by atoms with Crippen molar-refractivity contribution < 1.29 is 4.92 Å². The van der Waals surface area contributed by atoms with Crippen LogP contribution in [0.1, 0.15) is 5.56 Å². The zero-order valence-corrected chi connectivity index (χ0v) is 15.5. The monoisotopic (exact) mass is 386 g/mol. The summed E-state index contributed by atoms with van der Waals surface area (Å²) in [6.45, 7) is 7.92. The lowest BCUT2D eigenvalue weighted by Gasteiger charge is -2.05. The molecule has 0 N–H and O–H groups in total. The number of nitro benzene ring substituents is 1. The zero-order valence-electron chi connectivity index (χ0n) is 14.6. The Balaban J connectivity index is 1.81. The van der Waals surface area contributed by atoms with E-state index in [-0.39, 0.29) is 10.6 Å². The van der Waals surface area contributed by atoms with Crippen LogP contribution in [0.15, 0.2) is 83.0 Å². The number of hydrogen-bond acceptors (Lipinski definition) is 4. The van der Waals surface area contributed by atoms with Gasteiger partial charge in [0.2, 0.25) is 0 Å². The summed E-state index contributed by atoms with van der Waals surface area (Å²) in [5.74, 6) is 0. The summed E-state index contributed by atoms with van der Waals surface area (Å²) in [5.41, 5.74) is 2.65. The second-order valence-corrected chi connectivity index (χ2v) is 7.20. The Labute approximate surface area is 165 Å². The van der Waals surface area contributed by atoms with Crippen molar-refractivity contribution in [2.75, 3.05) is 0 Å². The number of fused-ring (bicyclic) bond motifs is 1. The largest absolute Gasteiger partial charge is 0.343 e. The van der Waals surface area contributed by atoms with Gasteiger partial charge in [-0.3, -0.25) is 15.1 Å². The molecule has 0 radical (unpaired) electrons. The van der Waals surface area contributed by atoms with Crippen molar-refractivity contribution in [3.05, 3.63) is 100 Å². The first kappa shape index (κ1) is 17.8. The van der Waals surface area contributed by atoms with Gasteiger partial charge in [0.1, 0.15) is 0 Å². The van der Waals surface area contributed by atoms with E-state index in [0.717, 1.165) is 21.4 Å². The van der Waals surface area contributed by atoms with E-state index in [2.05, 4.69) is 14.4 Å². The van der Waals surface area contributed by atoms with E-state index >= 15 is 0 Å². The topological polar surface area (TPSA) is 65.3 Å². The smallest absolute Gasteiger partial charge is 0.283 e. The molecule has 0 aliphatic heterocycles. The summed E-state index contributed by atoms with van der Waals surface area (Å²) in [5, 5.41) is 12.3. The molecule has 0 amide bonds. The number of para-hydroxylation sites is 1. The standard InChI is InChI=1S/C21H14N4O2S/c1-22-16-6-7-17-19(12-16)24(13-15-8-10-23-11-9-15)14-21(17)28-20-5-3-2-4-18(20)25(26)27/h2-12,14H,13H2. The Morgan fingerprint density at radius 2 is 1.89 bits per heavy atom. The number of aromatic nitrogens is 2. The Kier molecular flexibility index (Phi) is 4.79. The van der Waals surface area contributed by atoms with Gasteiger partial charge < -0.3 is 4.57 Å². The first-order valence-corrected chi connectivity index (χ1v) is 9.28. The third kappa shape index (κ3) is 3.46. The predicted molar refractivity (Wildman–Crippen MR) is 109 cm³/mol. The molecule has 136 valence electrons. The van der Waals surface area contributed by atoms with Crippen molar-refractivity contribution in [1.82, 2.24) is 9.55 Å². The highest BCUT2D eigenvalue weighted by Gasteiger charge is 2.17. The first-order chi connectivity index (χ1) is 13.7. The SMILES string of the molecule is [C-]#[N+]c1ccc2c(Sc3ccccc3[N+](=O)[O-])cn(Cc3ccncc3)c2c1. The van der Waals surface area contributed by atoms with Crippen LogP contribution in [-0.2, 0) is 6.54 Å². The summed E-state index contributed by atoms with van der Waals surface area (Å²) in [7, 11) is 0. The number of hydrogen-bond donors (Lipinski definition) is 0. The van der Waals surface area contributed by atoms with Crippen molar-refractivity contribution in [3.63, 3.8) is 0 Å². The lowest BCUT2D eigenvalue weighted by molar-refractivity contribution is -0.387. The molecule has 2 aromatic carbocycles. The molecule has 7 heteroatoms. The Morgan fingerprint density at radius 1 is 1.11 bits per heavy atom. The van der Waals surface area contributed by atoms with E-state index < -0.39 is 0 Å². The van der Waals surface area contributed by atoms with Crippen LogP contribution in [0.5, 0.6) is 0 Å². The van der Waals surface area contributed by atoms with Crippen LogP contribution in [0, 0.1) is 16.7 Å². The van der Waals surface area contributed by atoms with Crippen LogP contribution >= 0.6 is 11.8 Å². The summed E-state index contributed by atoms with van der Waals surface area (Å²) in [6.07, 6.45) is 5.48. The van der Waals surface area contributed by atoms with Gasteiger partial charge in [0, 0.05) is 47.0 Å². The van der Waals surface area contributed by atoms with Crippen molar-refractivity contribution >= 4 is 34.0 Å². The van der Waals surface area contributed by atoms with Gasteiger partial charge in [-0.15, -0.1) is 0 Å². The summed E-state index contributed by atoms with van der Waals surface area (Å²) < 4.78 is 2.07. The van der Waals surface area contributed by atoms with Gasteiger partial charge in [0.05, 0.1) is 16.4 Å². The molecule has 0 fully saturated rings. The summed E-state index contributed by atoms with van der Waals surface area (Å²) in [6, 6.07) is 16.1. The highest BCUT2D eigenvalue weighted by Crippen LogP contribution is 2.40. The molecular formula is C21H14N4O2S. The van der Waals surface area contributed by atoms with E-state index in [1.807, 2.05) is 30.5 Å². The highest BCUT2D eigenvalue weighted by atomic mass is 32.2. The average molecular weight is 386 g/mol. The van der Waals surface area contributed by atoms with Gasteiger partial charge in [-0.1, -0.05) is 36.0 Å². The second kappa shape index (κ2) is 7.55. The maximum absolute atomic E-state index is 11.4. The maximum Gasteiger partial charge on any atom is 0.283 e. The van der Waals surface area contributed by atoms with Crippen LogP contribution in [0.2, 0.25) is 0 Å². The zero-order chi connectivity index (χ0) is 19.5. The van der Waals surface area contributed by atoms with Gasteiger partial charge in [0.15, 0.2) is 5.69 Å². The van der Waals surface area contributed by atoms with Crippen molar-refractivity contribution in [2.24, 2.45) is 0 Å². The molecule has 6 nitrogen and oxygen atoms in total. The average Bonchev–Trinajstić information content (AvgIpc) is 3.05. The Hall–Kier alpha value is -3.63. The molecule has 4 rings (SSSR count). The molecule has 0 atom stereocenters. The molecule has 0 spiro atoms. The third-order valence-electron chi connectivity index (χ3n) is 4.34. The van der Waals surface area contributed by atoms with Gasteiger partial charge in [-0.2, -0.15) is 0 Å². The van der Waals surface area contributed by atoms with E-state index in [4.69, 9.17) is 6.57 Å². The highest BCUT2D eigenvalue weighted by molar-refractivity contribution is 7.99. The lowest BCUT2D eigenvalue weighted by atomic mass is 10.2. The lowest BCUT2D eigenvalue weighted by Crippen LogP contribution is -1.97. The molecule has 0 aliphatic rings. The molecule has 28 heavy (non-hydrogen) atoms. The van der Waals surface area contributed by atoms with Crippen LogP contribution in [-0.4, -0.2) is 14.5 Å². The number of nitrogens with zero attached hydrogens (tertiary/aromatic N) is 4. The van der Waals surface area contributed by atoms with Crippen LogP contribution < -0.4 is 0 Å². The minimum atomic E-state index is -0.366. The van der Waals surface area contributed by atoms with E-state index in [0.29, 0.717) is 17.1 Å². The van der Waals surface area contributed by atoms with Crippen molar-refractivity contribution in [2.45, 2.75) is 16.3 Å². The molecule has 0 bridgehead atoms. The van der Waals surface area contributed by atoms with Gasteiger partial charge in [-0.25, -0.2) is 4.85 Å². The summed E-state index contributed by atoms with van der Waals surface area (Å²) >= 11 is 1.36. The molecule has 0 aliphatic carbocycles. The first-order valence-electron chi connectivity index (χ1n) is 8.46. The minimum absolute atomic E-state index is 0.0836. The fraction of sp³-hybridized carbons (Fsp3) is 0.0476. The normalized spacial score (nSPS) is 10.7. The number of rotatable bonds is 5. The number of benzene rings is 2. The van der Waals surface area contributed by atoms with Gasteiger partial charge in [0.25, 0.3) is 5.69 Å². The van der Waals surface area contributed by atoms with E-state index in [1.165, 1.54) is 17.8 Å².